The maximum absolute atomic E-state index is 4.73. The number of nitrogens with one attached hydrogen (secondary N) is 2. The van der Waals surface area contributed by atoms with Gasteiger partial charge in [0.25, 0.3) is 0 Å². The van der Waals surface area contributed by atoms with Crippen LogP contribution < -0.4 is 10.6 Å². The van der Waals surface area contributed by atoms with E-state index in [1.807, 2.05) is 11.7 Å². The van der Waals surface area contributed by atoms with Crippen LogP contribution in [-0.4, -0.2) is 38.6 Å². The first-order valence-electron chi connectivity index (χ1n) is 9.98. The van der Waals surface area contributed by atoms with Crippen molar-refractivity contribution in [2.75, 3.05) is 7.05 Å². The van der Waals surface area contributed by atoms with E-state index in [1.54, 1.807) is 7.05 Å². The molecule has 156 valence electrons. The van der Waals surface area contributed by atoms with E-state index in [0.717, 1.165) is 23.8 Å². The van der Waals surface area contributed by atoms with Crippen molar-refractivity contribution in [3.8, 4) is 0 Å². The monoisotopic (exact) mass is 499 g/mol. The van der Waals surface area contributed by atoms with Crippen molar-refractivity contribution in [3.63, 3.8) is 0 Å². The van der Waals surface area contributed by atoms with Crippen molar-refractivity contribution in [2.45, 2.75) is 71.5 Å². The number of aromatic nitrogens is 4. The lowest BCUT2D eigenvalue weighted by Gasteiger charge is -2.18. The van der Waals surface area contributed by atoms with Crippen LogP contribution in [0, 0.1) is 13.8 Å². The molecule has 1 aliphatic carbocycles. The van der Waals surface area contributed by atoms with Gasteiger partial charge in [0.15, 0.2) is 5.96 Å². The summed E-state index contributed by atoms with van der Waals surface area (Å²) in [6.07, 6.45) is 8.18. The maximum atomic E-state index is 4.73. The number of aliphatic imine (C=N–C) groups is 1. The minimum absolute atomic E-state index is 0. The van der Waals surface area contributed by atoms with Crippen LogP contribution in [0.2, 0.25) is 0 Å². The Balaban J connectivity index is 0.00000280. The summed E-state index contributed by atoms with van der Waals surface area (Å²) in [5, 5.41) is 16.1. The van der Waals surface area contributed by atoms with E-state index in [-0.39, 0.29) is 30.0 Å². The van der Waals surface area contributed by atoms with Gasteiger partial charge in [-0.15, -0.1) is 24.0 Å². The predicted octanol–water partition coefficient (Wildman–Crippen LogP) is 3.26. The Kier molecular flexibility index (Phi) is 8.33. The standard InChI is InChI=1S/C20H33N7.HI/c1-14(12-19-15(2)24-26(5)16(19)3)23-20(21-4)22-13-17-10-11-27(25-17)18-8-6-7-9-18;/h10-11,14,18H,6-9,12-13H2,1-5H3,(H2,21,22,23);1H. The fourth-order valence-corrected chi connectivity index (χ4v) is 3.92. The Hall–Kier alpha value is -1.58. The molecule has 1 atom stereocenters. The molecule has 3 rings (SSSR count). The molecule has 0 amide bonds. The average molecular weight is 499 g/mol. The topological polar surface area (TPSA) is 72.1 Å². The number of hydrogen-bond acceptors (Lipinski definition) is 3. The second kappa shape index (κ2) is 10.3. The Morgan fingerprint density at radius 1 is 1.29 bits per heavy atom. The third kappa shape index (κ3) is 5.48. The molecule has 28 heavy (non-hydrogen) atoms. The smallest absolute Gasteiger partial charge is 0.191 e. The highest BCUT2D eigenvalue weighted by Gasteiger charge is 2.18. The van der Waals surface area contributed by atoms with E-state index < -0.39 is 0 Å². The second-order valence-corrected chi connectivity index (χ2v) is 7.67. The van der Waals surface area contributed by atoms with Crippen molar-refractivity contribution in [1.82, 2.24) is 30.2 Å². The van der Waals surface area contributed by atoms with Crippen LogP contribution in [-0.2, 0) is 20.0 Å². The normalized spacial score (nSPS) is 16.1. The van der Waals surface area contributed by atoms with Crippen LogP contribution in [0.4, 0.5) is 0 Å². The lowest BCUT2D eigenvalue weighted by Crippen LogP contribution is -2.42. The summed E-state index contributed by atoms with van der Waals surface area (Å²) in [7, 11) is 3.80. The van der Waals surface area contributed by atoms with Crippen molar-refractivity contribution in [2.24, 2.45) is 12.0 Å². The summed E-state index contributed by atoms with van der Waals surface area (Å²) in [5.74, 6) is 0.803. The summed E-state index contributed by atoms with van der Waals surface area (Å²) in [6, 6.07) is 2.95. The molecule has 2 aromatic heterocycles. The lowest BCUT2D eigenvalue weighted by molar-refractivity contribution is 0.462. The Morgan fingerprint density at radius 3 is 2.61 bits per heavy atom. The Labute approximate surface area is 185 Å². The number of hydrogen-bond donors (Lipinski definition) is 2. The van der Waals surface area contributed by atoms with Gasteiger partial charge in [-0.2, -0.15) is 10.2 Å². The summed E-state index contributed by atoms with van der Waals surface area (Å²) in [6.45, 7) is 7.04. The predicted molar refractivity (Wildman–Crippen MR) is 124 cm³/mol. The molecule has 7 nitrogen and oxygen atoms in total. The molecule has 1 unspecified atom stereocenters. The van der Waals surface area contributed by atoms with Gasteiger partial charge in [-0.1, -0.05) is 12.8 Å². The largest absolute Gasteiger partial charge is 0.354 e. The molecular weight excluding hydrogens is 465 g/mol. The summed E-state index contributed by atoms with van der Waals surface area (Å²) >= 11 is 0. The van der Waals surface area contributed by atoms with Gasteiger partial charge in [0, 0.05) is 32.0 Å². The molecule has 1 aliphatic rings. The number of rotatable bonds is 6. The van der Waals surface area contributed by atoms with Crippen molar-refractivity contribution in [1.29, 1.82) is 0 Å². The van der Waals surface area contributed by atoms with Crippen molar-refractivity contribution < 1.29 is 0 Å². The number of guanidine groups is 1. The molecule has 0 bridgehead atoms. The highest BCUT2D eigenvalue weighted by molar-refractivity contribution is 14.0. The average Bonchev–Trinajstić information content (AvgIpc) is 3.37. The number of halogens is 1. The zero-order chi connectivity index (χ0) is 19.4. The number of aryl methyl sites for hydroxylation is 2. The Bertz CT molecular complexity index is 787. The first-order chi connectivity index (χ1) is 13.0. The van der Waals surface area contributed by atoms with Gasteiger partial charge < -0.3 is 10.6 Å². The van der Waals surface area contributed by atoms with Gasteiger partial charge in [-0.05, 0) is 51.7 Å². The SMILES string of the molecule is CN=C(NCc1ccn(C2CCCC2)n1)NC(C)Cc1c(C)nn(C)c1C.I. The first kappa shape index (κ1) is 22.7. The van der Waals surface area contributed by atoms with Crippen molar-refractivity contribution in [3.05, 3.63) is 34.9 Å². The third-order valence-corrected chi connectivity index (χ3v) is 5.58. The van der Waals surface area contributed by atoms with E-state index in [4.69, 9.17) is 5.10 Å². The van der Waals surface area contributed by atoms with E-state index >= 15 is 0 Å². The van der Waals surface area contributed by atoms with Crippen molar-refractivity contribution >= 4 is 29.9 Å². The molecule has 1 fully saturated rings. The van der Waals surface area contributed by atoms with Gasteiger partial charge in [0.1, 0.15) is 0 Å². The van der Waals surface area contributed by atoms with Crippen LogP contribution in [0.25, 0.3) is 0 Å². The molecule has 2 aromatic rings. The van der Waals surface area contributed by atoms with Crippen LogP contribution in [0.1, 0.15) is 61.3 Å². The molecule has 0 aliphatic heterocycles. The highest BCUT2D eigenvalue weighted by Crippen LogP contribution is 2.28. The van der Waals surface area contributed by atoms with Gasteiger partial charge in [0.05, 0.1) is 24.0 Å². The Morgan fingerprint density at radius 2 is 2.00 bits per heavy atom. The molecule has 2 heterocycles. The molecular formula is C20H34IN7. The van der Waals surface area contributed by atoms with Crippen LogP contribution in [0.15, 0.2) is 17.3 Å². The molecule has 8 heteroatoms. The molecule has 2 N–H and O–H groups in total. The zero-order valence-electron chi connectivity index (χ0n) is 17.7. The molecule has 1 saturated carbocycles. The van der Waals surface area contributed by atoms with E-state index in [2.05, 4.69) is 58.4 Å². The van der Waals surface area contributed by atoms with Gasteiger partial charge >= 0.3 is 0 Å². The minimum atomic E-state index is 0. The quantitative estimate of drug-likeness (QED) is 0.364. The lowest BCUT2D eigenvalue weighted by atomic mass is 10.1. The minimum Gasteiger partial charge on any atom is -0.354 e. The molecule has 0 spiro atoms. The molecule has 0 saturated heterocycles. The van der Waals surface area contributed by atoms with Crippen LogP contribution >= 0.6 is 24.0 Å². The van der Waals surface area contributed by atoms with Gasteiger partial charge in [-0.25, -0.2) is 0 Å². The second-order valence-electron chi connectivity index (χ2n) is 7.67. The molecule has 0 aromatic carbocycles. The van der Waals surface area contributed by atoms with Gasteiger partial charge in [0.2, 0.25) is 0 Å². The first-order valence-corrected chi connectivity index (χ1v) is 9.98. The van der Waals surface area contributed by atoms with E-state index in [9.17, 15) is 0 Å². The van der Waals surface area contributed by atoms with Crippen LogP contribution in [0.3, 0.4) is 0 Å². The number of nitrogens with zero attached hydrogens (tertiary/aromatic N) is 5. The summed E-state index contributed by atoms with van der Waals surface area (Å²) in [5.41, 5.74) is 4.69. The van der Waals surface area contributed by atoms with Crippen LogP contribution in [0.5, 0.6) is 0 Å². The van der Waals surface area contributed by atoms with Gasteiger partial charge in [-0.3, -0.25) is 14.4 Å². The summed E-state index contributed by atoms with van der Waals surface area (Å²) < 4.78 is 4.09. The van der Waals surface area contributed by atoms with E-state index in [1.165, 1.54) is 36.9 Å². The summed E-state index contributed by atoms with van der Waals surface area (Å²) in [4.78, 5) is 4.36. The zero-order valence-corrected chi connectivity index (χ0v) is 20.0. The highest BCUT2D eigenvalue weighted by atomic mass is 127. The maximum Gasteiger partial charge on any atom is 0.191 e. The molecule has 0 radical (unpaired) electrons. The third-order valence-electron chi connectivity index (χ3n) is 5.58. The fraction of sp³-hybridized carbons (Fsp3) is 0.650. The fourth-order valence-electron chi connectivity index (χ4n) is 3.92. The van der Waals surface area contributed by atoms with E-state index in [0.29, 0.717) is 12.6 Å².